The average molecular weight is 217 g/mol. The van der Waals surface area contributed by atoms with Crippen LogP contribution >= 0.6 is 0 Å². The number of esters is 1. The second-order valence-electron chi connectivity index (χ2n) is 4.04. The first kappa shape index (κ1) is 12.3. The van der Waals surface area contributed by atoms with Crippen LogP contribution in [0, 0.1) is 11.3 Å². The van der Waals surface area contributed by atoms with Gasteiger partial charge in [0, 0.05) is 0 Å². The highest BCUT2D eigenvalue weighted by atomic mass is 16.5. The number of ether oxygens (including phenoxy) is 1. The highest BCUT2D eigenvalue weighted by Gasteiger charge is 2.20. The molecular weight excluding hydrogens is 202 g/mol. The van der Waals surface area contributed by atoms with E-state index in [-0.39, 0.29) is 5.97 Å². The zero-order chi connectivity index (χ0) is 12.2. The molecule has 0 aromatic heterocycles. The number of nitriles is 1. The summed E-state index contributed by atoms with van der Waals surface area (Å²) in [6, 6.07) is 9.21. The number of carbonyl (C=O) groups excluding carboxylic acids is 1. The molecule has 84 valence electrons. The predicted molar refractivity (Wildman–Crippen MR) is 61.0 cm³/mol. The van der Waals surface area contributed by atoms with Gasteiger partial charge in [0.05, 0.1) is 23.7 Å². The Morgan fingerprint density at radius 3 is 2.75 bits per heavy atom. The zero-order valence-electron chi connectivity index (χ0n) is 9.78. The summed E-state index contributed by atoms with van der Waals surface area (Å²) in [5, 5.41) is 9.01. The van der Waals surface area contributed by atoms with E-state index < -0.39 is 5.41 Å². The van der Waals surface area contributed by atoms with Gasteiger partial charge in [0.25, 0.3) is 0 Å². The van der Waals surface area contributed by atoms with Crippen molar-refractivity contribution in [1.82, 2.24) is 0 Å². The molecular formula is C13H15NO2. The van der Waals surface area contributed by atoms with Gasteiger partial charge in [-0.2, -0.15) is 5.26 Å². The van der Waals surface area contributed by atoms with Gasteiger partial charge in [0.15, 0.2) is 0 Å². The molecule has 0 saturated carbocycles. The summed E-state index contributed by atoms with van der Waals surface area (Å²) in [6.07, 6.45) is 0. The molecule has 0 amide bonds. The van der Waals surface area contributed by atoms with Crippen molar-refractivity contribution in [3.63, 3.8) is 0 Å². The van der Waals surface area contributed by atoms with Crippen LogP contribution in [0.4, 0.5) is 0 Å². The molecule has 0 fully saturated rings. The van der Waals surface area contributed by atoms with Crippen LogP contribution in [0.15, 0.2) is 24.3 Å². The molecule has 0 atom stereocenters. The lowest BCUT2D eigenvalue weighted by Gasteiger charge is -2.16. The van der Waals surface area contributed by atoms with Gasteiger partial charge < -0.3 is 4.74 Å². The first-order chi connectivity index (χ1) is 7.51. The highest BCUT2D eigenvalue weighted by molar-refractivity contribution is 5.89. The fraction of sp³-hybridized carbons (Fsp3) is 0.385. The molecule has 0 saturated heterocycles. The Morgan fingerprint density at radius 1 is 1.50 bits per heavy atom. The lowest BCUT2D eigenvalue weighted by atomic mass is 9.85. The maximum absolute atomic E-state index is 11.5. The number of carbonyl (C=O) groups is 1. The van der Waals surface area contributed by atoms with Crippen molar-refractivity contribution in [3.05, 3.63) is 35.4 Å². The molecule has 1 rings (SSSR count). The van der Waals surface area contributed by atoms with Gasteiger partial charge in [0.1, 0.15) is 0 Å². The van der Waals surface area contributed by atoms with Gasteiger partial charge in [-0.3, -0.25) is 0 Å². The van der Waals surface area contributed by atoms with Crippen LogP contribution in [0.1, 0.15) is 36.7 Å². The summed E-state index contributed by atoms with van der Waals surface area (Å²) in [5.74, 6) is -0.349. The normalized spacial score (nSPS) is 10.6. The van der Waals surface area contributed by atoms with Crippen molar-refractivity contribution in [2.75, 3.05) is 6.61 Å². The molecule has 1 aromatic rings. The Bertz CT molecular complexity index is 430. The van der Waals surface area contributed by atoms with Gasteiger partial charge in [-0.1, -0.05) is 12.1 Å². The fourth-order valence-corrected chi connectivity index (χ4v) is 1.31. The molecule has 0 radical (unpaired) electrons. The number of rotatable bonds is 3. The molecule has 0 spiro atoms. The lowest BCUT2D eigenvalue weighted by Crippen LogP contribution is -2.15. The van der Waals surface area contributed by atoms with Crippen molar-refractivity contribution in [3.8, 4) is 6.07 Å². The van der Waals surface area contributed by atoms with Crippen molar-refractivity contribution < 1.29 is 9.53 Å². The van der Waals surface area contributed by atoms with Crippen molar-refractivity contribution in [2.24, 2.45) is 0 Å². The van der Waals surface area contributed by atoms with E-state index in [1.165, 1.54) is 0 Å². The number of hydrogen-bond donors (Lipinski definition) is 0. The SMILES string of the molecule is CCOC(=O)c1cccc(C(C)(C)C#N)c1. The Kier molecular flexibility index (Phi) is 3.68. The molecule has 0 aliphatic carbocycles. The van der Waals surface area contributed by atoms with E-state index in [9.17, 15) is 4.79 Å². The zero-order valence-corrected chi connectivity index (χ0v) is 9.78. The lowest BCUT2D eigenvalue weighted by molar-refractivity contribution is 0.0526. The minimum Gasteiger partial charge on any atom is -0.462 e. The summed E-state index contributed by atoms with van der Waals surface area (Å²) in [5.41, 5.74) is 0.714. The molecule has 0 N–H and O–H groups in total. The molecule has 1 aromatic carbocycles. The van der Waals surface area contributed by atoms with Gasteiger partial charge in [-0.25, -0.2) is 4.79 Å². The Labute approximate surface area is 95.7 Å². The average Bonchev–Trinajstić information content (AvgIpc) is 2.29. The smallest absolute Gasteiger partial charge is 0.338 e. The predicted octanol–water partition coefficient (Wildman–Crippen LogP) is 2.66. The van der Waals surface area contributed by atoms with Crippen LogP contribution in [0.2, 0.25) is 0 Å². The first-order valence-corrected chi connectivity index (χ1v) is 5.20. The summed E-state index contributed by atoms with van der Waals surface area (Å²) in [7, 11) is 0. The molecule has 0 aliphatic rings. The molecule has 3 nitrogen and oxygen atoms in total. The van der Waals surface area contributed by atoms with Crippen LogP contribution < -0.4 is 0 Å². The monoisotopic (exact) mass is 217 g/mol. The Hall–Kier alpha value is -1.82. The van der Waals surface area contributed by atoms with Gasteiger partial charge in [-0.15, -0.1) is 0 Å². The fourth-order valence-electron chi connectivity index (χ4n) is 1.31. The van der Waals surface area contributed by atoms with Crippen molar-refractivity contribution >= 4 is 5.97 Å². The van der Waals surface area contributed by atoms with Crippen LogP contribution in [-0.2, 0) is 10.2 Å². The number of hydrogen-bond acceptors (Lipinski definition) is 3. The second kappa shape index (κ2) is 4.80. The molecule has 3 heteroatoms. The highest BCUT2D eigenvalue weighted by Crippen LogP contribution is 2.23. The third kappa shape index (κ3) is 2.60. The maximum atomic E-state index is 11.5. The van der Waals surface area contributed by atoms with Gasteiger partial charge in [-0.05, 0) is 38.5 Å². The van der Waals surface area contributed by atoms with E-state index in [4.69, 9.17) is 10.00 Å². The van der Waals surface area contributed by atoms with Crippen LogP contribution in [0.25, 0.3) is 0 Å². The van der Waals surface area contributed by atoms with E-state index in [0.29, 0.717) is 12.2 Å². The van der Waals surface area contributed by atoms with E-state index in [1.807, 2.05) is 19.9 Å². The van der Waals surface area contributed by atoms with E-state index in [0.717, 1.165) is 5.56 Å². The summed E-state index contributed by atoms with van der Waals surface area (Å²) >= 11 is 0. The van der Waals surface area contributed by atoms with Gasteiger partial charge in [0.2, 0.25) is 0 Å². The largest absolute Gasteiger partial charge is 0.462 e. The summed E-state index contributed by atoms with van der Waals surface area (Å²) < 4.78 is 4.91. The number of nitrogens with zero attached hydrogens (tertiary/aromatic N) is 1. The molecule has 0 aliphatic heterocycles. The van der Waals surface area contributed by atoms with Crippen LogP contribution in [0.3, 0.4) is 0 Å². The quantitative estimate of drug-likeness (QED) is 0.731. The molecule has 16 heavy (non-hydrogen) atoms. The number of benzene rings is 1. The molecule has 0 heterocycles. The first-order valence-electron chi connectivity index (χ1n) is 5.20. The molecule has 0 bridgehead atoms. The Balaban J connectivity index is 3.06. The van der Waals surface area contributed by atoms with Crippen molar-refractivity contribution in [2.45, 2.75) is 26.2 Å². The van der Waals surface area contributed by atoms with E-state index in [1.54, 1.807) is 25.1 Å². The van der Waals surface area contributed by atoms with E-state index >= 15 is 0 Å². The topological polar surface area (TPSA) is 50.1 Å². The summed E-state index contributed by atoms with van der Waals surface area (Å²) in [6.45, 7) is 5.75. The van der Waals surface area contributed by atoms with Crippen molar-refractivity contribution in [1.29, 1.82) is 5.26 Å². The third-order valence-corrected chi connectivity index (χ3v) is 2.37. The van der Waals surface area contributed by atoms with Gasteiger partial charge >= 0.3 is 5.97 Å². The van der Waals surface area contributed by atoms with Crippen LogP contribution in [-0.4, -0.2) is 12.6 Å². The minimum atomic E-state index is -0.595. The van der Waals surface area contributed by atoms with E-state index in [2.05, 4.69) is 6.07 Å². The third-order valence-electron chi connectivity index (χ3n) is 2.37. The van der Waals surface area contributed by atoms with Crippen LogP contribution in [0.5, 0.6) is 0 Å². The summed E-state index contributed by atoms with van der Waals surface area (Å²) in [4.78, 5) is 11.5. The Morgan fingerprint density at radius 2 is 2.19 bits per heavy atom. The molecule has 0 unspecified atom stereocenters. The second-order valence-corrected chi connectivity index (χ2v) is 4.04. The standard InChI is InChI=1S/C13H15NO2/c1-4-16-12(15)10-6-5-7-11(8-10)13(2,3)9-14/h5-8H,4H2,1-3H3. The maximum Gasteiger partial charge on any atom is 0.338 e. The minimum absolute atomic E-state index is 0.349.